The van der Waals surface area contributed by atoms with Crippen molar-refractivity contribution in [3.05, 3.63) is 12.7 Å². The molecule has 7 heteroatoms. The highest BCUT2D eigenvalue weighted by atomic mass is 16.2. The van der Waals surface area contributed by atoms with Gasteiger partial charge in [0.2, 0.25) is 5.91 Å². The molecule has 0 atom stereocenters. The standard InChI is InChI=1S/C13H22N6O/c1-4-13(20)18-8-6-12(7-9-18)19(16-5-2)17-10-15-11(3)14/h4-5,10,12H,1,6-9H2,2-3H3,(H2,14,15,17)/b16-5-. The predicted octanol–water partition coefficient (Wildman–Crippen LogP) is 0.792. The number of hydrogen-bond donors (Lipinski definition) is 1. The van der Waals surface area contributed by atoms with Crippen molar-refractivity contribution < 1.29 is 4.79 Å². The normalized spacial score (nSPS) is 17.9. The third-order valence-corrected chi connectivity index (χ3v) is 2.94. The van der Waals surface area contributed by atoms with E-state index in [0.717, 1.165) is 12.8 Å². The molecule has 0 aromatic heterocycles. The molecule has 0 spiro atoms. The van der Waals surface area contributed by atoms with Crippen LogP contribution in [0.1, 0.15) is 26.7 Å². The number of nitrogens with two attached hydrogens (primary N) is 1. The van der Waals surface area contributed by atoms with E-state index in [4.69, 9.17) is 5.73 Å². The van der Waals surface area contributed by atoms with Gasteiger partial charge in [-0.1, -0.05) is 6.58 Å². The van der Waals surface area contributed by atoms with Crippen molar-refractivity contribution in [2.75, 3.05) is 13.1 Å². The predicted molar refractivity (Wildman–Crippen MR) is 81.6 cm³/mol. The van der Waals surface area contributed by atoms with E-state index in [1.807, 2.05) is 6.92 Å². The van der Waals surface area contributed by atoms with Crippen LogP contribution < -0.4 is 5.73 Å². The van der Waals surface area contributed by atoms with Crippen LogP contribution in [0.25, 0.3) is 0 Å². The number of amidine groups is 1. The lowest BCUT2D eigenvalue weighted by atomic mass is 10.1. The van der Waals surface area contributed by atoms with E-state index in [-0.39, 0.29) is 11.9 Å². The van der Waals surface area contributed by atoms with Crippen LogP contribution in [0.5, 0.6) is 0 Å². The highest BCUT2D eigenvalue weighted by Crippen LogP contribution is 2.17. The van der Waals surface area contributed by atoms with E-state index in [1.54, 1.807) is 23.2 Å². The third kappa shape index (κ3) is 4.83. The quantitative estimate of drug-likeness (QED) is 0.349. The van der Waals surface area contributed by atoms with Crippen LogP contribution in [0.15, 0.2) is 27.9 Å². The Morgan fingerprint density at radius 3 is 2.55 bits per heavy atom. The van der Waals surface area contributed by atoms with Crippen LogP contribution in [-0.2, 0) is 4.79 Å². The van der Waals surface area contributed by atoms with Gasteiger partial charge in [-0.3, -0.25) is 4.79 Å². The summed E-state index contributed by atoms with van der Waals surface area (Å²) in [4.78, 5) is 17.2. The van der Waals surface area contributed by atoms with Crippen molar-refractivity contribution in [3.63, 3.8) is 0 Å². The molecule has 2 N–H and O–H groups in total. The Morgan fingerprint density at radius 1 is 1.40 bits per heavy atom. The second-order valence-electron chi connectivity index (χ2n) is 4.46. The molecule has 0 aromatic carbocycles. The van der Waals surface area contributed by atoms with E-state index in [0.29, 0.717) is 18.9 Å². The summed E-state index contributed by atoms with van der Waals surface area (Å²) < 4.78 is 0. The van der Waals surface area contributed by atoms with Crippen molar-refractivity contribution in [3.8, 4) is 0 Å². The van der Waals surface area contributed by atoms with E-state index in [2.05, 4.69) is 21.8 Å². The van der Waals surface area contributed by atoms with Gasteiger partial charge in [0.25, 0.3) is 0 Å². The first-order chi connectivity index (χ1) is 9.58. The molecule has 1 aliphatic heterocycles. The highest BCUT2D eigenvalue weighted by molar-refractivity contribution is 5.87. The summed E-state index contributed by atoms with van der Waals surface area (Å²) >= 11 is 0. The lowest BCUT2D eigenvalue weighted by Gasteiger charge is -2.34. The minimum absolute atomic E-state index is 0.0270. The molecule has 0 unspecified atom stereocenters. The largest absolute Gasteiger partial charge is 0.387 e. The average Bonchev–Trinajstić information content (AvgIpc) is 2.45. The van der Waals surface area contributed by atoms with Gasteiger partial charge in [-0.2, -0.15) is 10.2 Å². The molecule has 7 nitrogen and oxygen atoms in total. The minimum atomic E-state index is -0.0270. The van der Waals surface area contributed by atoms with Gasteiger partial charge in [0.05, 0.1) is 11.9 Å². The first-order valence-corrected chi connectivity index (χ1v) is 6.60. The summed E-state index contributed by atoms with van der Waals surface area (Å²) in [5.74, 6) is 0.418. The second kappa shape index (κ2) is 8.08. The maximum absolute atomic E-state index is 11.5. The Hall–Kier alpha value is -2.18. The lowest BCUT2D eigenvalue weighted by molar-refractivity contribution is -0.127. The Bertz CT molecular complexity index is 417. The van der Waals surface area contributed by atoms with E-state index < -0.39 is 0 Å². The fraction of sp³-hybridized carbons (Fsp3) is 0.538. The molecule has 0 saturated carbocycles. The number of carbonyl (C=O) groups excluding carboxylic acids is 1. The van der Waals surface area contributed by atoms with Crippen LogP contribution in [0, 0.1) is 0 Å². The van der Waals surface area contributed by atoms with Gasteiger partial charge in [0, 0.05) is 19.3 Å². The number of rotatable bonds is 5. The summed E-state index contributed by atoms with van der Waals surface area (Å²) in [5.41, 5.74) is 5.45. The number of hydrogen-bond acceptors (Lipinski definition) is 4. The Labute approximate surface area is 119 Å². The fourth-order valence-corrected chi connectivity index (χ4v) is 1.95. The lowest BCUT2D eigenvalue weighted by Crippen LogP contribution is -2.43. The first kappa shape index (κ1) is 15.9. The van der Waals surface area contributed by atoms with E-state index in [1.165, 1.54) is 12.4 Å². The number of likely N-dealkylation sites (tertiary alicyclic amines) is 1. The summed E-state index contributed by atoms with van der Waals surface area (Å²) in [7, 11) is 0. The summed E-state index contributed by atoms with van der Waals surface area (Å²) in [6, 6.07) is 0.157. The van der Waals surface area contributed by atoms with Gasteiger partial charge in [-0.15, -0.1) is 5.10 Å². The molecule has 0 aromatic rings. The van der Waals surface area contributed by atoms with Crippen LogP contribution in [0.2, 0.25) is 0 Å². The Balaban J connectivity index is 2.62. The highest BCUT2D eigenvalue weighted by Gasteiger charge is 2.25. The van der Waals surface area contributed by atoms with Gasteiger partial charge in [-0.25, -0.2) is 4.99 Å². The molecular formula is C13H22N6O. The Morgan fingerprint density at radius 2 is 2.05 bits per heavy atom. The van der Waals surface area contributed by atoms with E-state index >= 15 is 0 Å². The monoisotopic (exact) mass is 278 g/mol. The maximum atomic E-state index is 11.5. The molecule has 1 amide bonds. The number of aliphatic imine (C=N–C) groups is 1. The molecule has 1 rings (SSSR count). The molecule has 0 radical (unpaired) electrons. The van der Waals surface area contributed by atoms with E-state index in [9.17, 15) is 4.79 Å². The molecule has 1 saturated heterocycles. The number of amides is 1. The fourth-order valence-electron chi connectivity index (χ4n) is 1.95. The number of hydrazone groups is 2. The average molecular weight is 278 g/mol. The van der Waals surface area contributed by atoms with Crippen molar-refractivity contribution in [2.45, 2.75) is 32.7 Å². The van der Waals surface area contributed by atoms with Gasteiger partial charge in [0.1, 0.15) is 6.34 Å². The van der Waals surface area contributed by atoms with Gasteiger partial charge in [0.15, 0.2) is 0 Å². The van der Waals surface area contributed by atoms with Crippen LogP contribution >= 0.6 is 0 Å². The molecule has 1 aliphatic rings. The van der Waals surface area contributed by atoms with Crippen molar-refractivity contribution in [2.24, 2.45) is 20.9 Å². The van der Waals surface area contributed by atoms with Crippen LogP contribution in [0.3, 0.4) is 0 Å². The summed E-state index contributed by atoms with van der Waals surface area (Å²) in [6.07, 6.45) is 6.03. The zero-order chi connectivity index (χ0) is 15.0. The van der Waals surface area contributed by atoms with Crippen molar-refractivity contribution in [1.29, 1.82) is 0 Å². The molecule has 0 bridgehead atoms. The molecule has 1 heterocycles. The van der Waals surface area contributed by atoms with Gasteiger partial charge >= 0.3 is 0 Å². The van der Waals surface area contributed by atoms with Gasteiger partial charge in [-0.05, 0) is 32.8 Å². The van der Waals surface area contributed by atoms with Crippen molar-refractivity contribution in [1.82, 2.24) is 10.0 Å². The summed E-state index contributed by atoms with van der Waals surface area (Å²) in [6.45, 7) is 8.39. The molecule has 20 heavy (non-hydrogen) atoms. The maximum Gasteiger partial charge on any atom is 0.245 e. The zero-order valence-electron chi connectivity index (χ0n) is 12.1. The molecular weight excluding hydrogens is 256 g/mol. The molecule has 1 fully saturated rings. The second-order valence-corrected chi connectivity index (χ2v) is 4.46. The SMILES string of the molecule is C=CC(=O)N1CCC(N(/N=C\C)/N=C\N=C(/C)N)CC1. The van der Waals surface area contributed by atoms with Crippen molar-refractivity contribution >= 4 is 24.3 Å². The number of nitrogens with zero attached hydrogens (tertiary/aromatic N) is 5. The zero-order valence-corrected chi connectivity index (χ0v) is 12.1. The topological polar surface area (TPSA) is 86.7 Å². The Kier molecular flexibility index (Phi) is 6.42. The summed E-state index contributed by atoms with van der Waals surface area (Å²) in [5, 5.41) is 10.0. The minimum Gasteiger partial charge on any atom is -0.387 e. The number of piperidine rings is 1. The van der Waals surface area contributed by atoms with Crippen LogP contribution in [0.4, 0.5) is 0 Å². The first-order valence-electron chi connectivity index (χ1n) is 6.60. The number of carbonyl (C=O) groups is 1. The van der Waals surface area contributed by atoms with Crippen LogP contribution in [-0.4, -0.2) is 53.4 Å². The molecule has 110 valence electrons. The third-order valence-electron chi connectivity index (χ3n) is 2.94. The molecule has 0 aliphatic carbocycles. The van der Waals surface area contributed by atoms with Gasteiger partial charge < -0.3 is 10.6 Å². The smallest absolute Gasteiger partial charge is 0.245 e.